The number of halogens is 1. The van der Waals surface area contributed by atoms with E-state index in [0.717, 1.165) is 36.5 Å². The zero-order chi connectivity index (χ0) is 21.4. The summed E-state index contributed by atoms with van der Waals surface area (Å²) in [4.78, 5) is 16.3. The van der Waals surface area contributed by atoms with Crippen molar-refractivity contribution in [3.63, 3.8) is 0 Å². The van der Waals surface area contributed by atoms with Gasteiger partial charge in [-0.05, 0) is 61.1 Å². The fourth-order valence-corrected chi connectivity index (χ4v) is 8.61. The molecule has 3 aliphatic carbocycles. The second-order valence-electron chi connectivity index (χ2n) is 10.8. The number of rotatable bonds is 2. The molecule has 7 rings (SSSR count). The maximum Gasteiger partial charge on any atom is 0.228 e. The van der Waals surface area contributed by atoms with Crippen LogP contribution in [0.5, 0.6) is 0 Å². The van der Waals surface area contributed by atoms with Crippen LogP contribution in [0.3, 0.4) is 0 Å². The molecule has 2 bridgehead atoms. The van der Waals surface area contributed by atoms with Gasteiger partial charge in [0.15, 0.2) is 5.72 Å². The third kappa shape index (κ3) is 2.50. The molecule has 5 fully saturated rings. The first-order valence-corrected chi connectivity index (χ1v) is 12.8. The van der Waals surface area contributed by atoms with Crippen LogP contribution >= 0.6 is 11.6 Å². The normalized spacial score (nSPS) is 42.0. The maximum atomic E-state index is 14.0. The van der Waals surface area contributed by atoms with Crippen LogP contribution in [0.1, 0.15) is 55.6 Å². The number of hydrogen-bond acceptors (Lipinski definition) is 2. The van der Waals surface area contributed by atoms with Crippen LogP contribution in [0, 0.1) is 29.6 Å². The number of benzene rings is 2. The molecule has 2 aromatic rings. The maximum absolute atomic E-state index is 14.0. The molecule has 166 valence electrons. The van der Waals surface area contributed by atoms with E-state index in [1.165, 1.54) is 24.8 Å². The first-order chi connectivity index (χ1) is 15.7. The van der Waals surface area contributed by atoms with Crippen LogP contribution < -0.4 is 0 Å². The first kappa shape index (κ1) is 19.6. The molecule has 1 amide bonds. The van der Waals surface area contributed by atoms with E-state index in [-0.39, 0.29) is 11.8 Å². The Morgan fingerprint density at radius 3 is 2.50 bits per heavy atom. The summed E-state index contributed by atoms with van der Waals surface area (Å²) >= 11 is 6.25. The Balaban J connectivity index is 1.31. The van der Waals surface area contributed by atoms with Gasteiger partial charge in [-0.15, -0.1) is 0 Å². The van der Waals surface area contributed by atoms with Crippen LogP contribution in [0.2, 0.25) is 5.02 Å². The fraction of sp³-hybridized carbons (Fsp3) is 0.536. The second-order valence-corrected chi connectivity index (χ2v) is 11.2. The highest BCUT2D eigenvalue weighted by Gasteiger charge is 2.69. The van der Waals surface area contributed by atoms with Gasteiger partial charge in [-0.1, -0.05) is 66.9 Å². The third-order valence-electron chi connectivity index (χ3n) is 9.58. The van der Waals surface area contributed by atoms with E-state index in [1.54, 1.807) is 0 Å². The molecule has 2 heterocycles. The molecule has 0 radical (unpaired) electrons. The molecule has 0 aromatic heterocycles. The van der Waals surface area contributed by atoms with Crippen molar-refractivity contribution < 1.29 is 9.53 Å². The Morgan fingerprint density at radius 1 is 0.906 bits per heavy atom. The SMILES string of the molecule is O=C1[C@H]2CCCC[C@@H]2[C@]2(c3ccc(Cl)cc3)OC[C@H]3[C@@H]4C[C@@H](C[C@H]4c4ccccc4)[C@H]3N12. The minimum Gasteiger partial charge on any atom is -0.350 e. The van der Waals surface area contributed by atoms with E-state index in [4.69, 9.17) is 16.3 Å². The Kier molecular flexibility index (Phi) is 4.34. The molecule has 3 saturated carbocycles. The zero-order valence-electron chi connectivity index (χ0n) is 18.3. The molecule has 0 unspecified atom stereocenters. The van der Waals surface area contributed by atoms with Crippen LogP contribution in [-0.4, -0.2) is 23.5 Å². The van der Waals surface area contributed by atoms with Gasteiger partial charge in [0.05, 0.1) is 6.61 Å². The molecule has 8 atom stereocenters. The van der Waals surface area contributed by atoms with Crippen molar-refractivity contribution in [1.29, 1.82) is 0 Å². The largest absolute Gasteiger partial charge is 0.350 e. The summed E-state index contributed by atoms with van der Waals surface area (Å²) < 4.78 is 6.97. The highest BCUT2D eigenvalue weighted by atomic mass is 35.5. The highest BCUT2D eigenvalue weighted by molar-refractivity contribution is 6.30. The van der Waals surface area contributed by atoms with Gasteiger partial charge >= 0.3 is 0 Å². The predicted molar refractivity (Wildman–Crippen MR) is 124 cm³/mol. The van der Waals surface area contributed by atoms with Gasteiger partial charge in [0.1, 0.15) is 0 Å². The Labute approximate surface area is 195 Å². The standard InChI is InChI=1S/C28H30ClNO2/c29-20-12-10-19(11-13-20)28-25-9-5-4-8-21(25)27(31)30(28)26-18-14-22(17-6-2-1-3-7-17)23(15-18)24(26)16-32-28/h1-3,6-7,10-13,18,21-26H,4-5,8-9,14-16H2/t18-,21+,22+,23-,24+,25+,26-,28+/m1/s1. The van der Waals surface area contributed by atoms with Gasteiger partial charge in [-0.25, -0.2) is 0 Å². The van der Waals surface area contributed by atoms with E-state index < -0.39 is 5.72 Å². The van der Waals surface area contributed by atoms with Crippen LogP contribution in [0.15, 0.2) is 54.6 Å². The van der Waals surface area contributed by atoms with Gasteiger partial charge in [0.25, 0.3) is 0 Å². The van der Waals surface area contributed by atoms with Gasteiger partial charge < -0.3 is 9.64 Å². The number of hydrogen-bond donors (Lipinski definition) is 0. The smallest absolute Gasteiger partial charge is 0.228 e. The molecule has 4 heteroatoms. The summed E-state index contributed by atoms with van der Waals surface area (Å²) in [6, 6.07) is 19.5. The number of amides is 1. The average molecular weight is 448 g/mol. The van der Waals surface area contributed by atoms with Gasteiger partial charge in [0.2, 0.25) is 5.91 Å². The third-order valence-corrected chi connectivity index (χ3v) is 9.83. The fourth-order valence-electron chi connectivity index (χ4n) is 8.48. The summed E-state index contributed by atoms with van der Waals surface area (Å²) in [5.41, 5.74) is 2.00. The van der Waals surface area contributed by atoms with Crippen LogP contribution in [0.25, 0.3) is 0 Å². The quantitative estimate of drug-likeness (QED) is 0.566. The van der Waals surface area contributed by atoms with Crippen molar-refractivity contribution in [3.05, 3.63) is 70.7 Å². The van der Waals surface area contributed by atoms with Crippen molar-refractivity contribution in [1.82, 2.24) is 4.90 Å². The lowest BCUT2D eigenvalue weighted by molar-refractivity contribution is -0.243. The van der Waals surface area contributed by atoms with E-state index >= 15 is 0 Å². The van der Waals surface area contributed by atoms with Crippen LogP contribution in [0.4, 0.5) is 0 Å². The monoisotopic (exact) mass is 447 g/mol. The summed E-state index contributed by atoms with van der Waals surface area (Å²) in [5.74, 6) is 2.98. The molecule has 2 aromatic carbocycles. The Hall–Kier alpha value is -1.84. The minimum atomic E-state index is -0.597. The molecule has 32 heavy (non-hydrogen) atoms. The van der Waals surface area contributed by atoms with Gasteiger partial charge in [0, 0.05) is 34.4 Å². The van der Waals surface area contributed by atoms with Crippen molar-refractivity contribution in [2.24, 2.45) is 29.6 Å². The molecule has 0 spiro atoms. The summed E-state index contributed by atoms with van der Waals surface area (Å²) in [5, 5.41) is 0.737. The lowest BCUT2D eigenvalue weighted by atomic mass is 9.71. The molecule has 3 nitrogen and oxygen atoms in total. The molecular weight excluding hydrogens is 418 g/mol. The Morgan fingerprint density at radius 2 is 1.69 bits per heavy atom. The second kappa shape index (κ2) is 7.08. The van der Waals surface area contributed by atoms with Crippen LogP contribution in [-0.2, 0) is 15.3 Å². The molecule has 2 saturated heterocycles. The van der Waals surface area contributed by atoms with Gasteiger partial charge in [-0.3, -0.25) is 4.79 Å². The summed E-state index contributed by atoms with van der Waals surface area (Å²) in [7, 11) is 0. The lowest BCUT2D eigenvalue weighted by Crippen LogP contribution is -2.62. The van der Waals surface area contributed by atoms with Crippen molar-refractivity contribution in [3.8, 4) is 0 Å². The number of carbonyl (C=O) groups is 1. The average Bonchev–Trinajstić information content (AvgIpc) is 3.50. The number of carbonyl (C=O) groups excluding carboxylic acids is 1. The molecule has 5 aliphatic rings. The van der Waals surface area contributed by atoms with Crippen molar-refractivity contribution >= 4 is 17.5 Å². The molecule has 2 aliphatic heterocycles. The predicted octanol–water partition coefficient (Wildman–Crippen LogP) is 5.98. The molecular formula is C28H30ClNO2. The van der Waals surface area contributed by atoms with E-state index in [1.807, 2.05) is 12.1 Å². The topological polar surface area (TPSA) is 29.5 Å². The number of nitrogens with zero attached hydrogens (tertiary/aromatic N) is 1. The van der Waals surface area contributed by atoms with Gasteiger partial charge in [-0.2, -0.15) is 0 Å². The Bertz CT molecular complexity index is 1040. The first-order valence-electron chi connectivity index (χ1n) is 12.5. The molecule has 0 N–H and O–H groups in total. The number of fused-ring (bicyclic) bond motifs is 9. The van der Waals surface area contributed by atoms with E-state index in [9.17, 15) is 4.79 Å². The summed E-state index contributed by atoms with van der Waals surface area (Å²) in [6.07, 6.45) is 6.87. The van der Waals surface area contributed by atoms with E-state index in [0.29, 0.717) is 35.6 Å². The highest BCUT2D eigenvalue weighted by Crippen LogP contribution is 2.65. The lowest BCUT2D eigenvalue weighted by Gasteiger charge is -2.54. The van der Waals surface area contributed by atoms with Crippen molar-refractivity contribution in [2.45, 2.75) is 56.2 Å². The number of ether oxygens (including phenoxy) is 1. The van der Waals surface area contributed by atoms with E-state index in [2.05, 4.69) is 47.4 Å². The summed E-state index contributed by atoms with van der Waals surface area (Å²) in [6.45, 7) is 0.769. The zero-order valence-corrected chi connectivity index (χ0v) is 19.1. The van der Waals surface area contributed by atoms with Crippen molar-refractivity contribution in [2.75, 3.05) is 6.61 Å². The minimum absolute atomic E-state index is 0.113.